The van der Waals surface area contributed by atoms with Crippen molar-refractivity contribution in [3.63, 3.8) is 0 Å². The highest BCUT2D eigenvalue weighted by Crippen LogP contribution is 2.44. The molecule has 3 heteroatoms. The Morgan fingerprint density at radius 1 is 0.291 bits per heavy atom. The first-order valence-corrected chi connectivity index (χ1v) is 18.7. The fourth-order valence-corrected chi connectivity index (χ4v) is 8.11. The molecule has 2 aromatic heterocycles. The Morgan fingerprint density at radius 2 is 0.818 bits per heavy atom. The van der Waals surface area contributed by atoms with Gasteiger partial charge in [0.05, 0.1) is 5.69 Å². The van der Waals surface area contributed by atoms with Gasteiger partial charge in [0.25, 0.3) is 0 Å². The van der Waals surface area contributed by atoms with Crippen molar-refractivity contribution in [2.24, 2.45) is 0 Å². The van der Waals surface area contributed by atoms with Crippen LogP contribution in [0.4, 0.5) is 17.1 Å². The van der Waals surface area contributed by atoms with Gasteiger partial charge in [-0.2, -0.15) is 0 Å². The number of nitrogens with zero attached hydrogens (tertiary/aromatic N) is 1. The molecule has 55 heavy (non-hydrogen) atoms. The molecule has 0 aliphatic heterocycles. The molecule has 11 rings (SSSR count). The van der Waals surface area contributed by atoms with E-state index in [-0.39, 0.29) is 0 Å². The molecule has 258 valence electrons. The van der Waals surface area contributed by atoms with Gasteiger partial charge in [-0.3, -0.25) is 0 Å². The summed E-state index contributed by atoms with van der Waals surface area (Å²) < 4.78 is 12.6. The number of hydrogen-bond acceptors (Lipinski definition) is 3. The summed E-state index contributed by atoms with van der Waals surface area (Å²) in [5, 5.41) is 6.95. The maximum absolute atomic E-state index is 6.41. The third kappa shape index (κ3) is 5.36. The molecule has 11 aromatic rings. The number of fused-ring (bicyclic) bond motifs is 7. The molecule has 0 amide bonds. The van der Waals surface area contributed by atoms with Gasteiger partial charge in [0.1, 0.15) is 22.3 Å². The van der Waals surface area contributed by atoms with Crippen LogP contribution in [0.1, 0.15) is 0 Å². The largest absolute Gasteiger partial charge is 0.456 e. The van der Waals surface area contributed by atoms with Crippen molar-refractivity contribution >= 4 is 71.7 Å². The number of anilines is 3. The monoisotopic (exact) mass is 703 g/mol. The number of rotatable bonds is 6. The molecule has 0 bridgehead atoms. The lowest BCUT2D eigenvalue weighted by Crippen LogP contribution is -2.11. The van der Waals surface area contributed by atoms with Gasteiger partial charge in [-0.15, -0.1) is 0 Å². The van der Waals surface area contributed by atoms with E-state index in [9.17, 15) is 0 Å². The van der Waals surface area contributed by atoms with Gasteiger partial charge < -0.3 is 13.7 Å². The van der Waals surface area contributed by atoms with Crippen molar-refractivity contribution in [1.29, 1.82) is 0 Å². The smallest absolute Gasteiger partial charge is 0.137 e. The number of benzene rings is 9. The summed E-state index contributed by atoms with van der Waals surface area (Å²) in [4.78, 5) is 2.34. The summed E-state index contributed by atoms with van der Waals surface area (Å²) in [6.07, 6.45) is 0. The molecule has 0 aliphatic carbocycles. The van der Waals surface area contributed by atoms with Crippen LogP contribution < -0.4 is 4.90 Å². The van der Waals surface area contributed by atoms with E-state index >= 15 is 0 Å². The summed E-state index contributed by atoms with van der Waals surface area (Å²) in [5.74, 6) is 0. The van der Waals surface area contributed by atoms with Gasteiger partial charge in [0, 0.05) is 44.5 Å². The minimum absolute atomic E-state index is 0.857. The molecule has 9 aromatic carbocycles. The summed E-state index contributed by atoms with van der Waals surface area (Å²) in [6.45, 7) is 0. The van der Waals surface area contributed by atoms with Crippen LogP contribution in [-0.2, 0) is 0 Å². The zero-order valence-electron chi connectivity index (χ0n) is 29.8. The van der Waals surface area contributed by atoms with Gasteiger partial charge in [-0.05, 0) is 99.3 Å². The van der Waals surface area contributed by atoms with E-state index in [1.54, 1.807) is 0 Å². The van der Waals surface area contributed by atoms with Crippen molar-refractivity contribution in [2.75, 3.05) is 4.90 Å². The van der Waals surface area contributed by atoms with E-state index in [0.29, 0.717) is 0 Å². The second kappa shape index (κ2) is 12.6. The lowest BCUT2D eigenvalue weighted by molar-refractivity contribution is 0.668. The number of para-hydroxylation sites is 3. The highest BCUT2D eigenvalue weighted by Gasteiger charge is 2.20. The number of furan rings is 2. The van der Waals surface area contributed by atoms with Crippen LogP contribution in [0, 0.1) is 0 Å². The van der Waals surface area contributed by atoms with E-state index in [4.69, 9.17) is 8.83 Å². The van der Waals surface area contributed by atoms with Crippen LogP contribution in [0.15, 0.2) is 209 Å². The average molecular weight is 704 g/mol. The maximum Gasteiger partial charge on any atom is 0.137 e. The highest BCUT2D eigenvalue weighted by molar-refractivity contribution is 6.08. The predicted octanol–water partition coefficient (Wildman–Crippen LogP) is 15.1. The standard InChI is InChI=1S/C52H33NO2/c1-2-10-38-31-39(22-21-34(38)9-1)37-19-17-35(18-20-37)36-23-26-41(27-24-36)53(42-28-29-46-44-12-4-7-15-49(44)55-52(46)33-42)48-14-6-3-11-43(48)40-25-30-51-47(32-40)45-13-5-8-16-50(45)54-51/h1-33H. The second-order valence-corrected chi connectivity index (χ2v) is 14.1. The van der Waals surface area contributed by atoms with E-state index in [1.165, 1.54) is 27.5 Å². The molecule has 0 fully saturated rings. The van der Waals surface area contributed by atoms with Crippen LogP contribution in [0.5, 0.6) is 0 Å². The van der Waals surface area contributed by atoms with E-state index in [2.05, 4.69) is 181 Å². The molecule has 0 spiro atoms. The molecule has 2 heterocycles. The highest BCUT2D eigenvalue weighted by atomic mass is 16.3. The third-order valence-corrected chi connectivity index (χ3v) is 10.9. The molecule has 3 nitrogen and oxygen atoms in total. The molecule has 0 unspecified atom stereocenters. The lowest BCUT2D eigenvalue weighted by atomic mass is 9.98. The molecule has 0 saturated heterocycles. The zero-order valence-corrected chi connectivity index (χ0v) is 29.8. The summed E-state index contributed by atoms with van der Waals surface area (Å²) in [5.41, 5.74) is 13.7. The van der Waals surface area contributed by atoms with Crippen LogP contribution >= 0.6 is 0 Å². The van der Waals surface area contributed by atoms with Gasteiger partial charge in [-0.25, -0.2) is 0 Å². The Balaban J connectivity index is 1.01. The fourth-order valence-electron chi connectivity index (χ4n) is 8.11. The SMILES string of the molecule is c1ccc(N(c2ccc(-c3ccc(-c4ccc5ccccc5c4)cc3)cc2)c2ccc3c(c2)oc2ccccc23)c(-c2ccc3oc4ccccc4c3c2)c1. The Hall–Kier alpha value is -7.36. The van der Waals surface area contributed by atoms with Gasteiger partial charge >= 0.3 is 0 Å². The summed E-state index contributed by atoms with van der Waals surface area (Å²) in [7, 11) is 0. The molecule has 0 N–H and O–H groups in total. The minimum atomic E-state index is 0.857. The normalized spacial score (nSPS) is 11.6. The van der Waals surface area contributed by atoms with Crippen molar-refractivity contribution in [1.82, 2.24) is 0 Å². The first-order chi connectivity index (χ1) is 27.2. The van der Waals surface area contributed by atoms with Crippen molar-refractivity contribution in [2.45, 2.75) is 0 Å². The Bertz CT molecular complexity index is 3200. The molecular weight excluding hydrogens is 671 g/mol. The molecule has 0 radical (unpaired) electrons. The van der Waals surface area contributed by atoms with Crippen LogP contribution in [-0.4, -0.2) is 0 Å². The fraction of sp³-hybridized carbons (Fsp3) is 0. The predicted molar refractivity (Wildman–Crippen MR) is 229 cm³/mol. The average Bonchev–Trinajstić information content (AvgIpc) is 3.82. The van der Waals surface area contributed by atoms with Crippen LogP contribution in [0.25, 0.3) is 88.0 Å². The summed E-state index contributed by atoms with van der Waals surface area (Å²) >= 11 is 0. The summed E-state index contributed by atoms with van der Waals surface area (Å²) in [6, 6.07) is 71.1. The van der Waals surface area contributed by atoms with Crippen molar-refractivity contribution in [3.8, 4) is 33.4 Å². The third-order valence-electron chi connectivity index (χ3n) is 10.9. The Labute approximate surface area is 317 Å². The lowest BCUT2D eigenvalue weighted by Gasteiger charge is -2.28. The van der Waals surface area contributed by atoms with Gasteiger partial charge in [0.15, 0.2) is 0 Å². The van der Waals surface area contributed by atoms with Gasteiger partial charge in [0.2, 0.25) is 0 Å². The molecule has 0 saturated carbocycles. The second-order valence-electron chi connectivity index (χ2n) is 14.1. The first-order valence-electron chi connectivity index (χ1n) is 18.7. The van der Waals surface area contributed by atoms with Crippen molar-refractivity contribution < 1.29 is 8.83 Å². The van der Waals surface area contributed by atoms with Crippen molar-refractivity contribution in [3.05, 3.63) is 200 Å². The van der Waals surface area contributed by atoms with E-state index < -0.39 is 0 Å². The maximum atomic E-state index is 6.41. The van der Waals surface area contributed by atoms with E-state index in [1.807, 2.05) is 24.3 Å². The van der Waals surface area contributed by atoms with Gasteiger partial charge in [-0.1, -0.05) is 133 Å². The molecule has 0 aliphatic rings. The zero-order chi connectivity index (χ0) is 36.3. The molecular formula is C52H33NO2. The van der Waals surface area contributed by atoms with Crippen LogP contribution in [0.2, 0.25) is 0 Å². The van der Waals surface area contributed by atoms with E-state index in [0.717, 1.165) is 77.6 Å². The Morgan fingerprint density at radius 3 is 1.60 bits per heavy atom. The first kappa shape index (κ1) is 31.2. The minimum Gasteiger partial charge on any atom is -0.456 e. The Kier molecular flexibility index (Phi) is 7.17. The van der Waals surface area contributed by atoms with Crippen LogP contribution in [0.3, 0.4) is 0 Å². The quantitative estimate of drug-likeness (QED) is 0.173. The topological polar surface area (TPSA) is 29.5 Å². The molecule has 0 atom stereocenters. The number of hydrogen-bond donors (Lipinski definition) is 0.